The zero-order valence-electron chi connectivity index (χ0n) is 5.59. The van der Waals surface area contributed by atoms with Crippen LogP contribution in [0.25, 0.3) is 0 Å². The van der Waals surface area contributed by atoms with E-state index in [0.717, 1.165) is 0 Å². The smallest absolute Gasteiger partial charge is 0.214 e. The first kappa shape index (κ1) is 8.44. The van der Waals surface area contributed by atoms with Crippen molar-refractivity contribution in [2.75, 3.05) is 7.05 Å². The molecular formula is C6H11NO2. The zero-order chi connectivity index (χ0) is 7.28. The Kier molecular flexibility index (Phi) is 4.06. The number of hydrogen-bond donors (Lipinski definition) is 2. The first-order chi connectivity index (χ1) is 4.20. The van der Waals surface area contributed by atoms with Crippen LogP contribution in [0, 0.1) is 12.3 Å². The zero-order valence-corrected chi connectivity index (χ0v) is 5.59. The minimum absolute atomic E-state index is 0.354. The van der Waals surface area contributed by atoms with Crippen molar-refractivity contribution >= 4 is 0 Å². The number of terminal acetylenes is 1. The van der Waals surface area contributed by atoms with Crippen molar-refractivity contribution in [2.45, 2.75) is 19.4 Å². The van der Waals surface area contributed by atoms with Crippen LogP contribution in [0.2, 0.25) is 0 Å². The van der Waals surface area contributed by atoms with Crippen molar-refractivity contribution in [3.63, 3.8) is 0 Å². The normalized spacial score (nSPS) is 16.2. The molecule has 3 nitrogen and oxygen atoms in total. The van der Waals surface area contributed by atoms with Crippen molar-refractivity contribution in [3.8, 4) is 12.3 Å². The maximum Gasteiger partial charge on any atom is 0.214 e. The Morgan fingerprint density at radius 1 is 1.78 bits per heavy atom. The van der Waals surface area contributed by atoms with E-state index >= 15 is 0 Å². The maximum absolute atomic E-state index is 8.73. The summed E-state index contributed by atoms with van der Waals surface area (Å²) in [7, 11) is 1.58. The Labute approximate surface area is 55.0 Å². The number of ether oxygens (including phenoxy) is 1. The van der Waals surface area contributed by atoms with Crippen LogP contribution in [0.3, 0.4) is 0 Å². The molecule has 0 saturated heterocycles. The molecule has 0 fully saturated rings. The predicted octanol–water partition coefficient (Wildman–Crippen LogP) is -0.480. The molecule has 0 bridgehead atoms. The Morgan fingerprint density at radius 3 is 2.67 bits per heavy atom. The minimum atomic E-state index is -0.962. The molecule has 0 saturated carbocycles. The topological polar surface area (TPSA) is 41.5 Å². The summed E-state index contributed by atoms with van der Waals surface area (Å²) in [5.41, 5.74) is 0. The van der Waals surface area contributed by atoms with Crippen LogP contribution < -0.4 is 5.32 Å². The third-order valence-corrected chi connectivity index (χ3v) is 0.815. The van der Waals surface area contributed by atoms with E-state index in [2.05, 4.69) is 11.2 Å². The lowest BCUT2D eigenvalue weighted by molar-refractivity contribution is -0.130. The maximum atomic E-state index is 8.73. The third-order valence-electron chi connectivity index (χ3n) is 0.815. The fraction of sp³-hybridized carbons (Fsp3) is 0.667. The number of aliphatic hydroxyl groups excluding tert-OH is 1. The van der Waals surface area contributed by atoms with Gasteiger partial charge in [-0.3, -0.25) is 5.32 Å². The number of nitrogens with one attached hydrogen (secondary N) is 1. The Hall–Kier alpha value is -0.560. The van der Waals surface area contributed by atoms with Gasteiger partial charge in [0.2, 0.25) is 6.41 Å². The third kappa shape index (κ3) is 3.98. The van der Waals surface area contributed by atoms with Crippen LogP contribution in [-0.4, -0.2) is 24.7 Å². The van der Waals surface area contributed by atoms with Crippen molar-refractivity contribution in [1.29, 1.82) is 0 Å². The van der Waals surface area contributed by atoms with E-state index in [-0.39, 0.29) is 6.10 Å². The second-order valence-corrected chi connectivity index (χ2v) is 1.59. The number of hydrogen-bond acceptors (Lipinski definition) is 3. The summed E-state index contributed by atoms with van der Waals surface area (Å²) in [5.74, 6) is 2.31. The fourth-order valence-corrected chi connectivity index (χ4v) is 0.301. The summed E-state index contributed by atoms with van der Waals surface area (Å²) in [6, 6.07) is 0. The molecule has 0 aromatic heterocycles. The molecule has 52 valence electrons. The van der Waals surface area contributed by atoms with Crippen LogP contribution in [-0.2, 0) is 4.74 Å². The molecule has 0 aliphatic rings. The van der Waals surface area contributed by atoms with Crippen LogP contribution in [0.4, 0.5) is 0 Å². The van der Waals surface area contributed by atoms with Gasteiger partial charge in [-0.15, -0.1) is 6.42 Å². The summed E-state index contributed by atoms with van der Waals surface area (Å²) in [4.78, 5) is 0. The highest BCUT2D eigenvalue weighted by Gasteiger charge is 2.02. The quantitative estimate of drug-likeness (QED) is 0.399. The minimum Gasteiger partial charge on any atom is -0.356 e. The van der Waals surface area contributed by atoms with Gasteiger partial charge < -0.3 is 9.84 Å². The van der Waals surface area contributed by atoms with E-state index in [1.165, 1.54) is 0 Å². The SMILES string of the molecule is C#CC(C)OC(O)NC. The van der Waals surface area contributed by atoms with Crippen molar-refractivity contribution in [2.24, 2.45) is 0 Å². The summed E-state index contributed by atoms with van der Waals surface area (Å²) < 4.78 is 4.76. The van der Waals surface area contributed by atoms with E-state index in [1.54, 1.807) is 14.0 Å². The van der Waals surface area contributed by atoms with Gasteiger partial charge in [0.25, 0.3) is 0 Å². The molecule has 0 radical (unpaired) electrons. The van der Waals surface area contributed by atoms with E-state index in [4.69, 9.17) is 16.3 Å². The highest BCUT2D eigenvalue weighted by molar-refractivity contribution is 4.91. The summed E-state index contributed by atoms with van der Waals surface area (Å²) >= 11 is 0. The Bertz CT molecular complexity index is 108. The lowest BCUT2D eigenvalue weighted by Crippen LogP contribution is -2.30. The molecule has 2 unspecified atom stereocenters. The standard InChI is InChI=1S/C6H11NO2/c1-4-5(2)9-6(8)7-3/h1,5-8H,2-3H3. The van der Waals surface area contributed by atoms with Gasteiger partial charge in [-0.05, 0) is 14.0 Å². The summed E-state index contributed by atoms with van der Waals surface area (Å²) in [6.45, 7) is 1.68. The molecule has 0 aromatic rings. The summed E-state index contributed by atoms with van der Waals surface area (Å²) in [5, 5.41) is 11.2. The van der Waals surface area contributed by atoms with E-state index in [0.29, 0.717) is 0 Å². The van der Waals surface area contributed by atoms with Crippen LogP contribution >= 0.6 is 0 Å². The molecule has 0 spiro atoms. The van der Waals surface area contributed by atoms with Crippen LogP contribution in [0.1, 0.15) is 6.92 Å². The molecule has 9 heavy (non-hydrogen) atoms. The van der Waals surface area contributed by atoms with Gasteiger partial charge in [0, 0.05) is 0 Å². The van der Waals surface area contributed by atoms with Crippen LogP contribution in [0.5, 0.6) is 0 Å². The second kappa shape index (κ2) is 4.33. The predicted molar refractivity (Wildman–Crippen MR) is 34.4 cm³/mol. The van der Waals surface area contributed by atoms with Gasteiger partial charge in [0.05, 0.1) is 0 Å². The van der Waals surface area contributed by atoms with Crippen molar-refractivity contribution in [3.05, 3.63) is 0 Å². The fourth-order valence-electron chi connectivity index (χ4n) is 0.301. The Balaban J connectivity index is 3.37. The first-order valence-corrected chi connectivity index (χ1v) is 2.67. The van der Waals surface area contributed by atoms with Gasteiger partial charge in [0.15, 0.2) is 0 Å². The molecule has 0 heterocycles. The number of aliphatic hydroxyl groups is 1. The summed E-state index contributed by atoms with van der Waals surface area (Å²) in [6.07, 6.45) is 3.64. The lowest BCUT2D eigenvalue weighted by atomic mass is 10.4. The van der Waals surface area contributed by atoms with Gasteiger partial charge in [0.1, 0.15) is 6.10 Å². The second-order valence-electron chi connectivity index (χ2n) is 1.59. The van der Waals surface area contributed by atoms with Crippen molar-refractivity contribution in [1.82, 2.24) is 5.32 Å². The average molecular weight is 129 g/mol. The highest BCUT2D eigenvalue weighted by Crippen LogP contribution is 1.89. The first-order valence-electron chi connectivity index (χ1n) is 2.67. The van der Waals surface area contributed by atoms with E-state index in [1.807, 2.05) is 0 Å². The molecule has 3 heteroatoms. The Morgan fingerprint density at radius 2 is 2.33 bits per heavy atom. The molecule has 2 atom stereocenters. The lowest BCUT2D eigenvalue weighted by Gasteiger charge is -2.11. The average Bonchev–Trinajstić information content (AvgIpc) is 1.87. The van der Waals surface area contributed by atoms with Gasteiger partial charge >= 0.3 is 0 Å². The molecule has 0 amide bonds. The molecule has 0 aliphatic heterocycles. The van der Waals surface area contributed by atoms with Gasteiger partial charge in [-0.25, -0.2) is 0 Å². The van der Waals surface area contributed by atoms with Gasteiger partial charge in [-0.1, -0.05) is 5.92 Å². The van der Waals surface area contributed by atoms with Crippen LogP contribution in [0.15, 0.2) is 0 Å². The monoisotopic (exact) mass is 129 g/mol. The molecule has 0 aromatic carbocycles. The molecular weight excluding hydrogens is 118 g/mol. The largest absolute Gasteiger partial charge is 0.356 e. The van der Waals surface area contributed by atoms with Gasteiger partial charge in [-0.2, -0.15) is 0 Å². The van der Waals surface area contributed by atoms with E-state index in [9.17, 15) is 0 Å². The molecule has 0 aliphatic carbocycles. The van der Waals surface area contributed by atoms with E-state index < -0.39 is 6.41 Å². The highest BCUT2D eigenvalue weighted by atomic mass is 16.6. The number of rotatable bonds is 3. The van der Waals surface area contributed by atoms with Crippen molar-refractivity contribution < 1.29 is 9.84 Å². The molecule has 0 rings (SSSR count). The molecule has 2 N–H and O–H groups in total.